The van der Waals surface area contributed by atoms with Crippen LogP contribution in [0.15, 0.2) is 12.2 Å². The van der Waals surface area contributed by atoms with Crippen LogP contribution in [0.1, 0.15) is 40.5 Å². The van der Waals surface area contributed by atoms with Gasteiger partial charge in [-0.25, -0.2) is 0 Å². The maximum absolute atomic E-state index is 12.6. The van der Waals surface area contributed by atoms with Crippen LogP contribution in [0.4, 0.5) is 0 Å². The molecule has 0 aliphatic heterocycles. The zero-order chi connectivity index (χ0) is 13.1. The summed E-state index contributed by atoms with van der Waals surface area (Å²) in [6.45, 7) is 12.8. The summed E-state index contributed by atoms with van der Waals surface area (Å²) in [6, 6.07) is 0. The summed E-state index contributed by atoms with van der Waals surface area (Å²) in [5, 5.41) is 0. The largest absolute Gasteiger partial charge is 0.370 e. The van der Waals surface area contributed by atoms with Crippen LogP contribution in [0.25, 0.3) is 0 Å². The minimum Gasteiger partial charge on any atom is -0.370 e. The molecule has 0 aromatic rings. The standard InChI is InChI=1S/C14H24O3/c1-6-16-12-11(5)8-9-14(10(3)4,13(12)15)17-7-2/h11-12H,3,6-9H2,1-2,4-5H3/t11?,12?,14-/m0/s1. The summed E-state index contributed by atoms with van der Waals surface area (Å²) in [4.78, 5) is 12.6. The van der Waals surface area contributed by atoms with E-state index in [1.165, 1.54) is 0 Å². The second kappa shape index (κ2) is 5.78. The fourth-order valence-electron chi connectivity index (χ4n) is 2.55. The fraction of sp³-hybridized carbons (Fsp3) is 0.786. The first-order valence-electron chi connectivity index (χ1n) is 6.45. The van der Waals surface area contributed by atoms with E-state index in [0.717, 1.165) is 18.4 Å². The van der Waals surface area contributed by atoms with Gasteiger partial charge in [-0.05, 0) is 45.1 Å². The number of carbonyl (C=O) groups excluding carboxylic acids is 1. The third-order valence-electron chi connectivity index (χ3n) is 3.55. The summed E-state index contributed by atoms with van der Waals surface area (Å²) in [5.74, 6) is 0.308. The lowest BCUT2D eigenvalue weighted by Gasteiger charge is -2.42. The van der Waals surface area contributed by atoms with Crippen molar-refractivity contribution >= 4 is 5.78 Å². The molecule has 1 fully saturated rings. The highest BCUT2D eigenvalue weighted by atomic mass is 16.5. The molecule has 98 valence electrons. The van der Waals surface area contributed by atoms with Crippen molar-refractivity contribution in [3.8, 4) is 0 Å². The van der Waals surface area contributed by atoms with E-state index in [1.807, 2.05) is 20.8 Å². The van der Waals surface area contributed by atoms with Gasteiger partial charge >= 0.3 is 0 Å². The normalized spacial score (nSPS) is 33.8. The fourth-order valence-corrected chi connectivity index (χ4v) is 2.55. The average Bonchev–Trinajstić information content (AvgIpc) is 2.28. The maximum atomic E-state index is 12.6. The van der Waals surface area contributed by atoms with Crippen LogP contribution < -0.4 is 0 Å². The van der Waals surface area contributed by atoms with Gasteiger partial charge in [0.1, 0.15) is 11.7 Å². The van der Waals surface area contributed by atoms with Gasteiger partial charge in [-0.2, -0.15) is 0 Å². The predicted molar refractivity (Wildman–Crippen MR) is 68.0 cm³/mol. The highest BCUT2D eigenvalue weighted by Crippen LogP contribution is 2.38. The minimum atomic E-state index is -0.818. The number of hydrogen-bond donors (Lipinski definition) is 0. The van der Waals surface area contributed by atoms with Crippen molar-refractivity contribution in [2.24, 2.45) is 5.92 Å². The molecule has 0 saturated heterocycles. The molecule has 0 spiro atoms. The molecular formula is C14H24O3. The van der Waals surface area contributed by atoms with Gasteiger partial charge in [-0.3, -0.25) is 4.79 Å². The zero-order valence-corrected chi connectivity index (χ0v) is 11.4. The van der Waals surface area contributed by atoms with Gasteiger partial charge in [-0.1, -0.05) is 13.5 Å². The molecule has 17 heavy (non-hydrogen) atoms. The first kappa shape index (κ1) is 14.4. The summed E-state index contributed by atoms with van der Waals surface area (Å²) >= 11 is 0. The molecule has 0 aromatic carbocycles. The number of ketones is 1. The summed E-state index contributed by atoms with van der Waals surface area (Å²) in [5.41, 5.74) is -0.0258. The monoisotopic (exact) mass is 240 g/mol. The Bertz CT molecular complexity index is 298. The summed E-state index contributed by atoms with van der Waals surface area (Å²) in [7, 11) is 0. The van der Waals surface area contributed by atoms with E-state index < -0.39 is 5.60 Å². The van der Waals surface area contributed by atoms with Crippen LogP contribution in [0.2, 0.25) is 0 Å². The first-order valence-corrected chi connectivity index (χ1v) is 6.45. The molecule has 0 heterocycles. The zero-order valence-electron chi connectivity index (χ0n) is 11.4. The van der Waals surface area contributed by atoms with Gasteiger partial charge in [-0.15, -0.1) is 0 Å². The number of ether oxygens (including phenoxy) is 2. The van der Waals surface area contributed by atoms with E-state index >= 15 is 0 Å². The highest BCUT2D eigenvalue weighted by Gasteiger charge is 2.49. The molecule has 0 N–H and O–H groups in total. The lowest BCUT2D eigenvalue weighted by molar-refractivity contribution is -0.162. The molecule has 3 atom stereocenters. The predicted octanol–water partition coefficient (Wildman–Crippen LogP) is 2.74. The van der Waals surface area contributed by atoms with Crippen molar-refractivity contribution in [1.82, 2.24) is 0 Å². The van der Waals surface area contributed by atoms with E-state index in [-0.39, 0.29) is 17.8 Å². The topological polar surface area (TPSA) is 35.5 Å². The lowest BCUT2D eigenvalue weighted by atomic mass is 9.73. The van der Waals surface area contributed by atoms with Crippen LogP contribution in [0.3, 0.4) is 0 Å². The van der Waals surface area contributed by atoms with E-state index in [4.69, 9.17) is 9.47 Å². The van der Waals surface area contributed by atoms with Crippen molar-refractivity contribution in [1.29, 1.82) is 0 Å². The third kappa shape index (κ3) is 2.61. The van der Waals surface area contributed by atoms with Crippen molar-refractivity contribution in [3.05, 3.63) is 12.2 Å². The third-order valence-corrected chi connectivity index (χ3v) is 3.55. The lowest BCUT2D eigenvalue weighted by Crippen LogP contribution is -2.54. The average molecular weight is 240 g/mol. The van der Waals surface area contributed by atoms with Crippen LogP contribution >= 0.6 is 0 Å². The Morgan fingerprint density at radius 1 is 1.47 bits per heavy atom. The van der Waals surface area contributed by atoms with Crippen molar-refractivity contribution in [3.63, 3.8) is 0 Å². The Morgan fingerprint density at radius 2 is 2.12 bits per heavy atom. The van der Waals surface area contributed by atoms with E-state index in [2.05, 4.69) is 13.5 Å². The van der Waals surface area contributed by atoms with Crippen molar-refractivity contribution in [2.75, 3.05) is 13.2 Å². The van der Waals surface area contributed by atoms with Crippen LogP contribution in [0, 0.1) is 5.92 Å². The quantitative estimate of drug-likeness (QED) is 0.693. The second-order valence-corrected chi connectivity index (χ2v) is 4.80. The molecule has 3 nitrogen and oxygen atoms in total. The molecule has 3 heteroatoms. The molecule has 0 amide bonds. The van der Waals surface area contributed by atoms with Gasteiger partial charge in [0.05, 0.1) is 0 Å². The number of carbonyl (C=O) groups is 1. The maximum Gasteiger partial charge on any atom is 0.197 e. The van der Waals surface area contributed by atoms with Crippen LogP contribution in [0.5, 0.6) is 0 Å². The minimum absolute atomic E-state index is 0.0486. The summed E-state index contributed by atoms with van der Waals surface area (Å²) in [6.07, 6.45) is 1.31. The molecule has 1 rings (SSSR count). The molecule has 0 radical (unpaired) electrons. The van der Waals surface area contributed by atoms with Crippen LogP contribution in [-0.4, -0.2) is 30.7 Å². The number of Topliss-reactive ketones (excluding diaryl/α,β-unsaturated/α-hetero) is 1. The Balaban J connectivity index is 2.99. The molecule has 1 saturated carbocycles. The van der Waals surface area contributed by atoms with Gasteiger partial charge in [0.25, 0.3) is 0 Å². The Kier molecular flexibility index (Phi) is 4.90. The second-order valence-electron chi connectivity index (χ2n) is 4.80. The molecule has 0 bridgehead atoms. The highest BCUT2D eigenvalue weighted by molar-refractivity contribution is 5.95. The molecule has 0 aromatic heterocycles. The van der Waals surface area contributed by atoms with E-state index in [0.29, 0.717) is 13.2 Å². The Hall–Kier alpha value is -0.670. The Morgan fingerprint density at radius 3 is 2.59 bits per heavy atom. The first-order chi connectivity index (χ1) is 7.99. The molecule has 1 aliphatic carbocycles. The summed E-state index contributed by atoms with van der Waals surface area (Å²) < 4.78 is 11.3. The molecule has 1 aliphatic rings. The van der Waals surface area contributed by atoms with Crippen molar-refractivity contribution in [2.45, 2.75) is 52.2 Å². The number of rotatable bonds is 5. The smallest absolute Gasteiger partial charge is 0.197 e. The van der Waals surface area contributed by atoms with Crippen LogP contribution in [-0.2, 0) is 14.3 Å². The van der Waals surface area contributed by atoms with Crippen molar-refractivity contribution < 1.29 is 14.3 Å². The number of hydrogen-bond acceptors (Lipinski definition) is 3. The van der Waals surface area contributed by atoms with Gasteiger partial charge in [0.2, 0.25) is 0 Å². The molecule has 2 unspecified atom stereocenters. The SMILES string of the molecule is C=C(C)[C@@]1(OCC)CCC(C)C(OCC)C1=O. The van der Waals surface area contributed by atoms with E-state index in [1.54, 1.807) is 0 Å². The van der Waals surface area contributed by atoms with Gasteiger partial charge in [0, 0.05) is 13.2 Å². The Labute approximate surface area is 104 Å². The van der Waals surface area contributed by atoms with Gasteiger partial charge in [0.15, 0.2) is 5.78 Å². The van der Waals surface area contributed by atoms with Gasteiger partial charge < -0.3 is 9.47 Å². The van der Waals surface area contributed by atoms with E-state index in [9.17, 15) is 4.79 Å². The molecular weight excluding hydrogens is 216 g/mol.